The van der Waals surface area contributed by atoms with Crippen LogP contribution in [0.15, 0.2) is 36.4 Å². The topological polar surface area (TPSA) is 62.7 Å². The molecule has 5 nitrogen and oxygen atoms in total. The molecule has 2 aromatic rings. The smallest absolute Gasteiger partial charge is 0.354 e. The van der Waals surface area contributed by atoms with E-state index in [-0.39, 0.29) is 5.69 Å². The summed E-state index contributed by atoms with van der Waals surface area (Å²) in [7, 11) is 1.56. The molecule has 0 aliphatic carbocycles. The van der Waals surface area contributed by atoms with Crippen LogP contribution in [-0.2, 0) is 0 Å². The average molecular weight is 340 g/mol. The molecular formula is C20H24N2O3. The van der Waals surface area contributed by atoms with Crippen LogP contribution in [-0.4, -0.2) is 41.2 Å². The van der Waals surface area contributed by atoms with E-state index in [0.29, 0.717) is 17.5 Å². The summed E-state index contributed by atoms with van der Waals surface area (Å²) < 4.78 is 5.34. The van der Waals surface area contributed by atoms with E-state index in [9.17, 15) is 9.90 Å². The first kappa shape index (κ1) is 17.4. The number of methoxy groups -OCH3 is 1. The largest absolute Gasteiger partial charge is 0.494 e. The van der Waals surface area contributed by atoms with E-state index >= 15 is 0 Å². The van der Waals surface area contributed by atoms with Crippen molar-refractivity contribution in [3.05, 3.63) is 47.7 Å². The monoisotopic (exact) mass is 340 g/mol. The lowest BCUT2D eigenvalue weighted by molar-refractivity contribution is 0.0690. The number of pyridine rings is 1. The van der Waals surface area contributed by atoms with Crippen molar-refractivity contribution < 1.29 is 14.6 Å². The Hall–Kier alpha value is -2.40. The first-order valence-corrected chi connectivity index (χ1v) is 8.73. The van der Waals surface area contributed by atoms with Crippen LogP contribution < -0.4 is 4.74 Å². The van der Waals surface area contributed by atoms with Crippen molar-refractivity contribution in [2.24, 2.45) is 0 Å². The summed E-state index contributed by atoms with van der Waals surface area (Å²) in [6, 6.07) is 11.7. The lowest BCUT2D eigenvalue weighted by Crippen LogP contribution is -2.32. The number of nitrogens with zero attached hydrogens (tertiary/aromatic N) is 2. The van der Waals surface area contributed by atoms with Crippen LogP contribution in [0.3, 0.4) is 0 Å². The van der Waals surface area contributed by atoms with Crippen LogP contribution in [0, 0.1) is 0 Å². The lowest BCUT2D eigenvalue weighted by atomic mass is 10.0. The van der Waals surface area contributed by atoms with Gasteiger partial charge in [-0.25, -0.2) is 9.78 Å². The zero-order valence-corrected chi connectivity index (χ0v) is 14.7. The summed E-state index contributed by atoms with van der Waals surface area (Å²) in [5, 5.41) is 9.17. The Kier molecular flexibility index (Phi) is 5.34. The number of hydrogen-bond acceptors (Lipinski definition) is 4. The molecule has 25 heavy (non-hydrogen) atoms. The van der Waals surface area contributed by atoms with Crippen LogP contribution in [0.5, 0.6) is 5.75 Å². The first-order valence-electron chi connectivity index (χ1n) is 8.73. The van der Waals surface area contributed by atoms with E-state index in [2.05, 4.69) is 28.9 Å². The van der Waals surface area contributed by atoms with Gasteiger partial charge in [0.15, 0.2) is 0 Å². The van der Waals surface area contributed by atoms with Gasteiger partial charge in [0.1, 0.15) is 17.1 Å². The number of likely N-dealkylation sites (tertiary alicyclic amines) is 1. The van der Waals surface area contributed by atoms with Gasteiger partial charge < -0.3 is 9.84 Å². The van der Waals surface area contributed by atoms with Crippen molar-refractivity contribution in [3.8, 4) is 17.0 Å². The van der Waals surface area contributed by atoms with E-state index < -0.39 is 5.97 Å². The Bertz CT molecular complexity index is 737. The van der Waals surface area contributed by atoms with Gasteiger partial charge in [0.05, 0.1) is 7.11 Å². The van der Waals surface area contributed by atoms with Gasteiger partial charge in [0.2, 0.25) is 0 Å². The fourth-order valence-electron chi connectivity index (χ4n) is 3.37. The number of ether oxygens (including phenoxy) is 1. The number of carboxylic acid groups (broad SMARTS) is 1. The highest BCUT2D eigenvalue weighted by atomic mass is 16.5. The van der Waals surface area contributed by atoms with Crippen molar-refractivity contribution in [1.82, 2.24) is 9.88 Å². The third-order valence-corrected chi connectivity index (χ3v) is 4.90. The third kappa shape index (κ3) is 3.82. The highest BCUT2D eigenvalue weighted by molar-refractivity contribution is 5.86. The van der Waals surface area contributed by atoms with Crippen molar-refractivity contribution in [2.45, 2.75) is 32.2 Å². The Labute approximate surface area is 148 Å². The summed E-state index contributed by atoms with van der Waals surface area (Å²) in [5.41, 5.74) is 2.69. The summed E-state index contributed by atoms with van der Waals surface area (Å²) in [6.45, 7) is 4.54. The van der Waals surface area contributed by atoms with Gasteiger partial charge in [-0.1, -0.05) is 30.7 Å². The summed E-state index contributed by atoms with van der Waals surface area (Å²) in [5.74, 6) is -0.471. The van der Waals surface area contributed by atoms with E-state index in [1.807, 2.05) is 12.1 Å². The van der Waals surface area contributed by atoms with Gasteiger partial charge in [-0.2, -0.15) is 0 Å². The molecule has 5 heteroatoms. The molecule has 1 aromatic heterocycles. The minimum Gasteiger partial charge on any atom is -0.494 e. The van der Waals surface area contributed by atoms with Gasteiger partial charge in [0.25, 0.3) is 0 Å². The molecule has 132 valence electrons. The van der Waals surface area contributed by atoms with Crippen LogP contribution >= 0.6 is 0 Å². The molecule has 0 saturated carbocycles. The van der Waals surface area contributed by atoms with Crippen LogP contribution in [0.25, 0.3) is 11.3 Å². The second kappa shape index (κ2) is 7.66. The van der Waals surface area contributed by atoms with Gasteiger partial charge in [0, 0.05) is 11.6 Å². The molecule has 1 N–H and O–H groups in total. The molecule has 1 aromatic carbocycles. The molecule has 1 aliphatic heterocycles. The number of aromatic carboxylic acids is 1. The lowest BCUT2D eigenvalue weighted by Gasteiger charge is -2.32. The Morgan fingerprint density at radius 1 is 1.12 bits per heavy atom. The first-order chi connectivity index (χ1) is 12.1. The summed E-state index contributed by atoms with van der Waals surface area (Å²) >= 11 is 0. The SMILES string of the molecule is COc1ccc(C(=O)O)nc1-c1ccc([C@H](C)N2CCCCC2)cc1. The summed E-state index contributed by atoms with van der Waals surface area (Å²) in [6.07, 6.45) is 3.87. The second-order valence-electron chi connectivity index (χ2n) is 6.45. The molecule has 3 rings (SSSR count). The zero-order valence-electron chi connectivity index (χ0n) is 14.7. The maximum absolute atomic E-state index is 11.2. The fourth-order valence-corrected chi connectivity index (χ4v) is 3.37. The van der Waals surface area contributed by atoms with Gasteiger partial charge in [-0.3, -0.25) is 4.90 Å². The number of carboxylic acids is 1. The molecule has 1 saturated heterocycles. The molecule has 0 spiro atoms. The molecule has 2 heterocycles. The Morgan fingerprint density at radius 2 is 1.80 bits per heavy atom. The van der Waals surface area contributed by atoms with Crippen molar-refractivity contribution in [2.75, 3.05) is 20.2 Å². The quantitative estimate of drug-likeness (QED) is 0.891. The van der Waals surface area contributed by atoms with Crippen molar-refractivity contribution in [1.29, 1.82) is 0 Å². The molecule has 1 aliphatic rings. The predicted molar refractivity (Wildman–Crippen MR) is 97.0 cm³/mol. The molecule has 1 fully saturated rings. The molecule has 0 unspecified atom stereocenters. The highest BCUT2D eigenvalue weighted by Gasteiger charge is 2.18. The normalized spacial score (nSPS) is 16.4. The minimum atomic E-state index is -1.04. The number of carbonyl (C=O) groups is 1. The fraction of sp³-hybridized carbons (Fsp3) is 0.400. The Balaban J connectivity index is 1.87. The van der Waals surface area contributed by atoms with Crippen LogP contribution in [0.4, 0.5) is 0 Å². The maximum atomic E-state index is 11.2. The standard InChI is InChI=1S/C20H24N2O3/c1-14(22-12-4-3-5-13-22)15-6-8-16(9-7-15)19-18(25-2)11-10-17(21-19)20(23)24/h6-11,14H,3-5,12-13H2,1-2H3,(H,23,24)/t14-/m0/s1. The Morgan fingerprint density at radius 3 is 2.40 bits per heavy atom. The van der Waals surface area contributed by atoms with Crippen LogP contribution in [0.1, 0.15) is 48.3 Å². The van der Waals surface area contributed by atoms with Gasteiger partial charge in [-0.05, 0) is 50.6 Å². The number of benzene rings is 1. The van der Waals surface area contributed by atoms with Gasteiger partial charge >= 0.3 is 5.97 Å². The minimum absolute atomic E-state index is 0.0153. The van der Waals surface area contributed by atoms with Gasteiger partial charge in [-0.15, -0.1) is 0 Å². The van der Waals surface area contributed by atoms with Crippen molar-refractivity contribution in [3.63, 3.8) is 0 Å². The second-order valence-corrected chi connectivity index (χ2v) is 6.45. The molecule has 0 amide bonds. The number of rotatable bonds is 5. The maximum Gasteiger partial charge on any atom is 0.354 e. The van der Waals surface area contributed by atoms with E-state index in [4.69, 9.17) is 4.74 Å². The number of hydrogen-bond donors (Lipinski definition) is 1. The van der Waals surface area contributed by atoms with Crippen molar-refractivity contribution >= 4 is 5.97 Å². The third-order valence-electron chi connectivity index (χ3n) is 4.90. The van der Waals surface area contributed by atoms with E-state index in [0.717, 1.165) is 18.7 Å². The average Bonchev–Trinajstić information content (AvgIpc) is 2.67. The molecule has 0 radical (unpaired) electrons. The zero-order chi connectivity index (χ0) is 17.8. The predicted octanol–water partition coefficient (Wildman–Crippen LogP) is 4.00. The number of aromatic nitrogens is 1. The summed E-state index contributed by atoms with van der Waals surface area (Å²) in [4.78, 5) is 18.0. The van der Waals surface area contributed by atoms with E-state index in [1.165, 1.54) is 30.9 Å². The molecule has 0 bridgehead atoms. The van der Waals surface area contributed by atoms with E-state index in [1.54, 1.807) is 13.2 Å². The highest BCUT2D eigenvalue weighted by Crippen LogP contribution is 2.30. The number of piperidine rings is 1. The molecule has 1 atom stereocenters. The molecular weight excluding hydrogens is 316 g/mol. The van der Waals surface area contributed by atoms with Crippen LogP contribution in [0.2, 0.25) is 0 Å².